The molecule has 3 N–H and O–H groups in total. The second-order valence-corrected chi connectivity index (χ2v) is 4.72. The van der Waals surface area contributed by atoms with Crippen molar-refractivity contribution in [1.82, 2.24) is 0 Å². The molecule has 0 unspecified atom stereocenters. The lowest BCUT2D eigenvalue weighted by Gasteiger charge is -2.17. The minimum atomic E-state index is -4.78. The average Bonchev–Trinajstić information content (AvgIpc) is 2.42. The van der Waals surface area contributed by atoms with E-state index in [1.807, 2.05) is 0 Å². The second kappa shape index (κ2) is 5.84. The molecule has 0 aliphatic rings. The van der Waals surface area contributed by atoms with Gasteiger partial charge in [-0.25, -0.2) is 4.39 Å². The highest BCUT2D eigenvalue weighted by Crippen LogP contribution is 2.33. The number of aromatic hydroxyl groups is 1. The average molecular weight is 315 g/mol. The van der Waals surface area contributed by atoms with E-state index >= 15 is 0 Å². The summed E-state index contributed by atoms with van der Waals surface area (Å²) in [5.41, 5.74) is 7.15. The van der Waals surface area contributed by atoms with E-state index in [1.54, 1.807) is 6.92 Å². The van der Waals surface area contributed by atoms with Crippen LogP contribution in [0.5, 0.6) is 11.5 Å². The molecule has 0 saturated heterocycles. The van der Waals surface area contributed by atoms with Gasteiger partial charge < -0.3 is 15.6 Å². The van der Waals surface area contributed by atoms with Gasteiger partial charge in [-0.15, -0.1) is 13.2 Å². The van der Waals surface area contributed by atoms with Crippen LogP contribution in [0.4, 0.5) is 17.6 Å². The van der Waals surface area contributed by atoms with Crippen molar-refractivity contribution in [1.29, 1.82) is 0 Å². The van der Waals surface area contributed by atoms with Crippen molar-refractivity contribution in [2.45, 2.75) is 19.3 Å². The molecule has 1 atom stereocenters. The van der Waals surface area contributed by atoms with E-state index in [0.29, 0.717) is 11.1 Å². The predicted molar refractivity (Wildman–Crippen MR) is 72.0 cm³/mol. The molecule has 7 heteroatoms. The van der Waals surface area contributed by atoms with E-state index in [9.17, 15) is 22.7 Å². The van der Waals surface area contributed by atoms with Gasteiger partial charge in [-0.3, -0.25) is 0 Å². The summed E-state index contributed by atoms with van der Waals surface area (Å²) in [4.78, 5) is 0. The van der Waals surface area contributed by atoms with E-state index in [-0.39, 0.29) is 11.3 Å². The smallest absolute Gasteiger partial charge is 0.505 e. The third kappa shape index (κ3) is 3.48. The third-order valence-corrected chi connectivity index (χ3v) is 3.17. The van der Waals surface area contributed by atoms with Crippen molar-refractivity contribution in [2.24, 2.45) is 5.73 Å². The number of phenolic OH excluding ortho intramolecular Hbond substituents is 1. The first-order valence-corrected chi connectivity index (χ1v) is 6.28. The Morgan fingerprint density at radius 3 is 2.23 bits per heavy atom. The zero-order valence-corrected chi connectivity index (χ0v) is 11.5. The summed E-state index contributed by atoms with van der Waals surface area (Å²) in [5.74, 6) is -1.76. The van der Waals surface area contributed by atoms with E-state index < -0.39 is 24.0 Å². The van der Waals surface area contributed by atoms with Crippen LogP contribution in [-0.4, -0.2) is 11.5 Å². The molecule has 118 valence electrons. The van der Waals surface area contributed by atoms with Crippen LogP contribution >= 0.6 is 0 Å². The highest BCUT2D eigenvalue weighted by atomic mass is 19.4. The summed E-state index contributed by atoms with van der Waals surface area (Å²) in [6.45, 7) is 1.65. The van der Waals surface area contributed by atoms with Crippen LogP contribution in [0.2, 0.25) is 0 Å². The molecule has 2 aromatic carbocycles. The Morgan fingerprint density at radius 1 is 1.09 bits per heavy atom. The molecule has 2 rings (SSSR count). The lowest BCUT2D eigenvalue weighted by atomic mass is 9.94. The molecule has 2 aromatic rings. The van der Waals surface area contributed by atoms with E-state index in [2.05, 4.69) is 4.74 Å². The Hall–Kier alpha value is -2.28. The molecule has 0 heterocycles. The van der Waals surface area contributed by atoms with E-state index in [4.69, 9.17) is 5.73 Å². The molecule has 0 amide bonds. The van der Waals surface area contributed by atoms with Crippen molar-refractivity contribution in [2.75, 3.05) is 0 Å². The van der Waals surface area contributed by atoms with Crippen LogP contribution in [0, 0.1) is 12.7 Å². The van der Waals surface area contributed by atoms with Crippen molar-refractivity contribution < 1.29 is 27.4 Å². The molecule has 3 nitrogen and oxygen atoms in total. The monoisotopic (exact) mass is 315 g/mol. The quantitative estimate of drug-likeness (QED) is 0.847. The van der Waals surface area contributed by atoms with Crippen LogP contribution in [-0.2, 0) is 0 Å². The molecule has 0 saturated carbocycles. The zero-order valence-electron chi connectivity index (χ0n) is 11.5. The summed E-state index contributed by atoms with van der Waals surface area (Å²) in [6, 6.07) is 6.57. The maximum Gasteiger partial charge on any atom is 0.573 e. The standard InChI is InChI=1S/C15H13F4NO2/c1-8-2-7-11(16)14(21)12(8)13(20)9-3-5-10(6-4-9)22-15(17,18)19/h2-7,13,21H,20H2,1H3/t13-/m0/s1. The summed E-state index contributed by atoms with van der Waals surface area (Å²) in [6.07, 6.45) is -4.78. The minimum absolute atomic E-state index is 0.185. The van der Waals surface area contributed by atoms with Crippen molar-refractivity contribution in [3.63, 3.8) is 0 Å². The van der Waals surface area contributed by atoms with E-state index in [1.165, 1.54) is 18.2 Å². The molecule has 0 aromatic heterocycles. The first-order valence-electron chi connectivity index (χ1n) is 6.28. The number of ether oxygens (including phenoxy) is 1. The Balaban J connectivity index is 2.31. The van der Waals surface area contributed by atoms with Crippen molar-refractivity contribution in [3.05, 3.63) is 58.9 Å². The normalized spacial score (nSPS) is 13.0. The lowest BCUT2D eigenvalue weighted by molar-refractivity contribution is -0.274. The van der Waals surface area contributed by atoms with Gasteiger partial charge in [-0.05, 0) is 36.2 Å². The van der Waals surface area contributed by atoms with Gasteiger partial charge in [0.15, 0.2) is 11.6 Å². The molecule has 0 spiro atoms. The van der Waals surface area contributed by atoms with Gasteiger partial charge >= 0.3 is 6.36 Å². The Labute approximate surface area is 123 Å². The van der Waals surface area contributed by atoms with Crippen LogP contribution < -0.4 is 10.5 Å². The summed E-state index contributed by atoms with van der Waals surface area (Å²) in [5, 5.41) is 9.79. The number of alkyl halides is 3. The third-order valence-electron chi connectivity index (χ3n) is 3.17. The van der Waals surface area contributed by atoms with Crippen molar-refractivity contribution >= 4 is 0 Å². The Morgan fingerprint density at radius 2 is 1.68 bits per heavy atom. The molecular weight excluding hydrogens is 302 g/mol. The van der Waals surface area contributed by atoms with Gasteiger partial charge in [0.05, 0.1) is 6.04 Å². The number of nitrogens with two attached hydrogens (primary N) is 1. The summed E-state index contributed by atoms with van der Waals surface area (Å²) >= 11 is 0. The van der Waals surface area contributed by atoms with Crippen LogP contribution in [0.3, 0.4) is 0 Å². The highest BCUT2D eigenvalue weighted by molar-refractivity contribution is 5.46. The maximum atomic E-state index is 13.4. The number of hydrogen-bond donors (Lipinski definition) is 2. The minimum Gasteiger partial charge on any atom is -0.505 e. The molecule has 0 radical (unpaired) electrons. The predicted octanol–water partition coefficient (Wildman–Crippen LogP) is 3.79. The number of halogens is 4. The Kier molecular flexibility index (Phi) is 4.27. The number of aryl methyl sites for hydroxylation is 1. The molecule has 0 aliphatic heterocycles. The van der Waals surface area contributed by atoms with Crippen LogP contribution in [0.15, 0.2) is 36.4 Å². The van der Waals surface area contributed by atoms with Gasteiger partial charge in [0.2, 0.25) is 0 Å². The maximum absolute atomic E-state index is 13.4. The zero-order chi connectivity index (χ0) is 16.5. The molecule has 0 bridgehead atoms. The van der Waals surface area contributed by atoms with Gasteiger partial charge in [0.1, 0.15) is 5.75 Å². The first kappa shape index (κ1) is 16.1. The second-order valence-electron chi connectivity index (χ2n) is 4.72. The summed E-state index contributed by atoms with van der Waals surface area (Å²) < 4.78 is 53.5. The first-order chi connectivity index (χ1) is 10.2. The topological polar surface area (TPSA) is 55.5 Å². The van der Waals surface area contributed by atoms with Crippen LogP contribution in [0.25, 0.3) is 0 Å². The SMILES string of the molecule is Cc1ccc(F)c(O)c1[C@@H](N)c1ccc(OC(F)(F)F)cc1. The fraction of sp³-hybridized carbons (Fsp3) is 0.200. The van der Waals surface area contributed by atoms with Crippen molar-refractivity contribution in [3.8, 4) is 11.5 Å². The van der Waals surface area contributed by atoms with Crippen LogP contribution in [0.1, 0.15) is 22.7 Å². The number of rotatable bonds is 3. The fourth-order valence-corrected chi connectivity index (χ4v) is 2.12. The number of benzene rings is 2. The van der Waals surface area contributed by atoms with Gasteiger partial charge in [-0.2, -0.15) is 0 Å². The van der Waals surface area contributed by atoms with E-state index in [0.717, 1.165) is 18.2 Å². The number of phenols is 1. The summed E-state index contributed by atoms with van der Waals surface area (Å²) in [7, 11) is 0. The largest absolute Gasteiger partial charge is 0.573 e. The molecule has 22 heavy (non-hydrogen) atoms. The fourth-order valence-electron chi connectivity index (χ4n) is 2.12. The van der Waals surface area contributed by atoms with Gasteiger partial charge in [-0.1, -0.05) is 18.2 Å². The Bertz CT molecular complexity index is 668. The lowest BCUT2D eigenvalue weighted by Crippen LogP contribution is -2.17. The molecular formula is C15H13F4NO2. The highest BCUT2D eigenvalue weighted by Gasteiger charge is 2.31. The molecule has 0 aliphatic carbocycles. The van der Waals surface area contributed by atoms with Gasteiger partial charge in [0, 0.05) is 5.56 Å². The number of hydrogen-bond acceptors (Lipinski definition) is 3. The molecule has 0 fully saturated rings. The van der Waals surface area contributed by atoms with Gasteiger partial charge in [0.25, 0.3) is 0 Å².